The third-order valence-corrected chi connectivity index (χ3v) is 6.75. The molecule has 0 saturated carbocycles. The number of hydrazone groups is 1. The molecule has 0 aliphatic carbocycles. The van der Waals surface area contributed by atoms with Crippen molar-refractivity contribution in [2.24, 2.45) is 5.10 Å². The molecule has 0 bridgehead atoms. The zero-order valence-electron chi connectivity index (χ0n) is 20.1. The topological polar surface area (TPSA) is 78.0 Å². The van der Waals surface area contributed by atoms with E-state index in [4.69, 9.17) is 4.74 Å². The second-order valence-electron chi connectivity index (χ2n) is 9.02. The van der Waals surface area contributed by atoms with Crippen molar-refractivity contribution in [2.75, 3.05) is 30.4 Å². The van der Waals surface area contributed by atoms with Gasteiger partial charge in [-0.3, -0.25) is 4.79 Å². The van der Waals surface area contributed by atoms with Gasteiger partial charge < -0.3 is 20.3 Å². The first kappa shape index (κ1) is 22.2. The maximum absolute atomic E-state index is 12.4. The third kappa shape index (κ3) is 3.96. The summed E-state index contributed by atoms with van der Waals surface area (Å²) in [5.74, 6) is 1.62. The first-order valence-corrected chi connectivity index (χ1v) is 11.8. The smallest absolute Gasteiger partial charge is 0.262 e. The number of nitrogens with zero attached hydrogens (tertiary/aromatic N) is 2. The molecule has 1 amide bonds. The molecule has 7 heteroatoms. The molecule has 0 radical (unpaired) electrons. The van der Waals surface area contributed by atoms with E-state index in [1.807, 2.05) is 13.0 Å². The zero-order valence-corrected chi connectivity index (χ0v) is 20.1. The maximum Gasteiger partial charge on any atom is 0.262 e. The molecule has 2 aliphatic heterocycles. The SMILES string of the molecule is CCC1=NNC(=O)C(C)N1c1cc(NC2CNC2)c(-c2ccc3cc(OC)ccc3c2)cc1C. The standard InChI is InChI=1S/C27H31N5O2/c1-5-26-30-31-27(33)17(3)32(26)25-13-24(29-21-14-28-15-21)23(10-16(25)2)20-7-6-19-12-22(34-4)9-8-18(19)11-20/h6-13,17,21,28-29H,5,14-15H2,1-4H3,(H,31,33). The van der Waals surface area contributed by atoms with Crippen LogP contribution in [-0.4, -0.2) is 44.0 Å². The van der Waals surface area contributed by atoms with E-state index in [1.165, 1.54) is 0 Å². The minimum atomic E-state index is -0.328. The Morgan fingerprint density at radius 1 is 1.12 bits per heavy atom. The summed E-state index contributed by atoms with van der Waals surface area (Å²) in [6, 6.07) is 17.1. The number of carbonyl (C=O) groups is 1. The summed E-state index contributed by atoms with van der Waals surface area (Å²) in [6.45, 7) is 7.96. The lowest BCUT2D eigenvalue weighted by Crippen LogP contribution is -2.52. The summed E-state index contributed by atoms with van der Waals surface area (Å²) in [6.07, 6.45) is 0.731. The van der Waals surface area contributed by atoms with Crippen LogP contribution in [0.15, 0.2) is 53.6 Å². The summed E-state index contributed by atoms with van der Waals surface area (Å²) < 4.78 is 5.38. The van der Waals surface area contributed by atoms with Crippen LogP contribution in [0.2, 0.25) is 0 Å². The number of anilines is 2. The average Bonchev–Trinajstić information content (AvgIpc) is 2.83. The Labute approximate surface area is 200 Å². The second kappa shape index (κ2) is 8.99. The van der Waals surface area contributed by atoms with Crippen LogP contribution in [0.25, 0.3) is 21.9 Å². The number of aryl methyl sites for hydroxylation is 1. The number of nitrogens with one attached hydrogen (secondary N) is 3. The van der Waals surface area contributed by atoms with Crippen molar-refractivity contribution < 1.29 is 9.53 Å². The molecular formula is C27H31N5O2. The van der Waals surface area contributed by atoms with Crippen molar-refractivity contribution >= 4 is 33.9 Å². The molecule has 3 aromatic carbocycles. The number of amidine groups is 1. The lowest BCUT2D eigenvalue weighted by molar-refractivity contribution is -0.122. The van der Waals surface area contributed by atoms with Gasteiger partial charge in [0.15, 0.2) is 0 Å². The minimum Gasteiger partial charge on any atom is -0.497 e. The van der Waals surface area contributed by atoms with Crippen LogP contribution in [0.5, 0.6) is 5.75 Å². The Morgan fingerprint density at radius 3 is 2.59 bits per heavy atom. The van der Waals surface area contributed by atoms with E-state index in [0.29, 0.717) is 6.04 Å². The summed E-state index contributed by atoms with van der Waals surface area (Å²) in [4.78, 5) is 14.5. The van der Waals surface area contributed by atoms with Gasteiger partial charge in [-0.05, 0) is 66.1 Å². The van der Waals surface area contributed by atoms with Gasteiger partial charge >= 0.3 is 0 Å². The molecule has 34 heavy (non-hydrogen) atoms. The van der Waals surface area contributed by atoms with E-state index in [9.17, 15) is 4.79 Å². The minimum absolute atomic E-state index is 0.0941. The molecule has 1 unspecified atom stereocenters. The van der Waals surface area contributed by atoms with Gasteiger partial charge in [-0.2, -0.15) is 5.10 Å². The van der Waals surface area contributed by atoms with E-state index in [2.05, 4.69) is 82.4 Å². The number of hydrogen-bond donors (Lipinski definition) is 3. The van der Waals surface area contributed by atoms with Crippen LogP contribution in [0.4, 0.5) is 11.4 Å². The quantitative estimate of drug-likeness (QED) is 0.516. The second-order valence-corrected chi connectivity index (χ2v) is 9.02. The van der Waals surface area contributed by atoms with Crippen LogP contribution < -0.4 is 25.7 Å². The Bertz CT molecular complexity index is 1280. The van der Waals surface area contributed by atoms with E-state index in [1.54, 1.807) is 7.11 Å². The van der Waals surface area contributed by atoms with E-state index in [0.717, 1.165) is 69.9 Å². The number of carbonyl (C=O) groups excluding carboxylic acids is 1. The first-order chi connectivity index (χ1) is 16.5. The number of benzene rings is 3. The van der Waals surface area contributed by atoms with Crippen molar-refractivity contribution in [1.82, 2.24) is 10.7 Å². The van der Waals surface area contributed by atoms with Crippen molar-refractivity contribution in [3.63, 3.8) is 0 Å². The molecule has 2 heterocycles. The number of methoxy groups -OCH3 is 1. The molecule has 1 saturated heterocycles. The maximum atomic E-state index is 12.4. The lowest BCUT2D eigenvalue weighted by atomic mass is 9.95. The highest BCUT2D eigenvalue weighted by Crippen LogP contribution is 2.38. The molecule has 3 aromatic rings. The van der Waals surface area contributed by atoms with Crippen molar-refractivity contribution in [2.45, 2.75) is 39.3 Å². The predicted octanol–water partition coefficient (Wildman–Crippen LogP) is 4.26. The highest BCUT2D eigenvalue weighted by atomic mass is 16.5. The predicted molar refractivity (Wildman–Crippen MR) is 139 cm³/mol. The molecule has 2 aliphatic rings. The molecule has 176 valence electrons. The van der Waals surface area contributed by atoms with Gasteiger partial charge in [-0.15, -0.1) is 0 Å². The molecule has 5 rings (SSSR count). The van der Waals surface area contributed by atoms with Crippen LogP contribution in [0, 0.1) is 6.92 Å². The van der Waals surface area contributed by atoms with E-state index >= 15 is 0 Å². The molecule has 3 N–H and O–H groups in total. The lowest BCUT2D eigenvalue weighted by Gasteiger charge is -2.36. The first-order valence-electron chi connectivity index (χ1n) is 11.8. The fourth-order valence-electron chi connectivity index (χ4n) is 4.65. The van der Waals surface area contributed by atoms with E-state index < -0.39 is 0 Å². The molecule has 0 aromatic heterocycles. The van der Waals surface area contributed by atoms with Crippen LogP contribution in [0.3, 0.4) is 0 Å². The number of amides is 1. The highest BCUT2D eigenvalue weighted by molar-refractivity contribution is 6.07. The Morgan fingerprint density at radius 2 is 1.88 bits per heavy atom. The van der Waals surface area contributed by atoms with Crippen LogP contribution >= 0.6 is 0 Å². The Hall–Kier alpha value is -3.58. The van der Waals surface area contributed by atoms with Crippen LogP contribution in [-0.2, 0) is 4.79 Å². The van der Waals surface area contributed by atoms with Crippen molar-refractivity contribution in [1.29, 1.82) is 0 Å². The summed E-state index contributed by atoms with van der Waals surface area (Å²) in [5, 5.41) is 13.7. The normalized spacial score (nSPS) is 18.4. The fraction of sp³-hybridized carbons (Fsp3) is 0.333. The molecule has 1 fully saturated rings. The number of rotatable bonds is 6. The number of fused-ring (bicyclic) bond motifs is 1. The number of hydrogen-bond acceptors (Lipinski definition) is 6. The summed E-state index contributed by atoms with van der Waals surface area (Å²) >= 11 is 0. The van der Waals surface area contributed by atoms with Gasteiger partial charge in [-0.1, -0.05) is 25.1 Å². The van der Waals surface area contributed by atoms with Crippen molar-refractivity contribution in [3.05, 3.63) is 54.1 Å². The fourth-order valence-corrected chi connectivity index (χ4v) is 4.65. The monoisotopic (exact) mass is 457 g/mol. The summed E-state index contributed by atoms with van der Waals surface area (Å²) in [5.41, 5.74) is 8.12. The van der Waals surface area contributed by atoms with Crippen LogP contribution in [0.1, 0.15) is 25.8 Å². The highest BCUT2D eigenvalue weighted by Gasteiger charge is 2.31. The van der Waals surface area contributed by atoms with Gasteiger partial charge in [0.05, 0.1) is 13.2 Å². The largest absolute Gasteiger partial charge is 0.497 e. The van der Waals surface area contributed by atoms with Crippen molar-refractivity contribution in [3.8, 4) is 16.9 Å². The third-order valence-electron chi connectivity index (χ3n) is 6.75. The van der Waals surface area contributed by atoms with Gasteiger partial charge in [-0.25, -0.2) is 5.43 Å². The Kier molecular flexibility index (Phi) is 5.87. The van der Waals surface area contributed by atoms with Gasteiger partial charge in [0.1, 0.15) is 17.6 Å². The van der Waals surface area contributed by atoms with E-state index in [-0.39, 0.29) is 11.9 Å². The van der Waals surface area contributed by atoms with Gasteiger partial charge in [0.2, 0.25) is 0 Å². The zero-order chi connectivity index (χ0) is 23.8. The molecule has 1 atom stereocenters. The summed E-state index contributed by atoms with van der Waals surface area (Å²) in [7, 11) is 1.69. The molecule has 7 nitrogen and oxygen atoms in total. The van der Waals surface area contributed by atoms with Gasteiger partial charge in [0, 0.05) is 36.4 Å². The number of ether oxygens (including phenoxy) is 1. The molecular weight excluding hydrogens is 426 g/mol. The van der Waals surface area contributed by atoms with Gasteiger partial charge in [0.25, 0.3) is 5.91 Å². The average molecular weight is 458 g/mol. The Balaban J connectivity index is 1.62. The molecule has 0 spiro atoms.